The molecule has 0 aliphatic heterocycles. The molecule has 96 valence electrons. The number of hydrogen-bond donors (Lipinski definition) is 1. The molecule has 0 fully saturated rings. The molecule has 0 aromatic rings. The first-order valence-corrected chi connectivity index (χ1v) is 6.37. The van der Waals surface area contributed by atoms with Crippen LogP contribution in [0, 0.1) is 0 Å². The van der Waals surface area contributed by atoms with Crippen LogP contribution >= 0.6 is 0 Å². The van der Waals surface area contributed by atoms with Crippen molar-refractivity contribution in [3.63, 3.8) is 0 Å². The van der Waals surface area contributed by atoms with Crippen LogP contribution in [0.25, 0.3) is 0 Å². The molecule has 0 saturated heterocycles. The van der Waals surface area contributed by atoms with Crippen LogP contribution in [0.3, 0.4) is 0 Å². The Morgan fingerprint density at radius 3 is 1.20 bits per heavy atom. The average Bonchev–Trinajstić information content (AvgIpc) is 2.21. The van der Waals surface area contributed by atoms with Crippen LogP contribution in [0.1, 0.15) is 61.8 Å². The molecule has 0 aromatic heterocycles. The van der Waals surface area contributed by atoms with Crippen LogP contribution in [-0.2, 0) is 0 Å². The van der Waals surface area contributed by atoms with Gasteiger partial charge in [-0.05, 0) is 40.7 Å². The number of nitrogens with zero attached hydrogens (tertiary/aromatic N) is 1. The van der Waals surface area contributed by atoms with Crippen LogP contribution in [0.4, 0.5) is 0 Å². The Balaban J connectivity index is -0.000000202. The Kier molecular flexibility index (Phi) is 22.2. The molecule has 0 spiro atoms. The van der Waals surface area contributed by atoms with Crippen LogP contribution < -0.4 is 0 Å². The van der Waals surface area contributed by atoms with E-state index in [9.17, 15) is 0 Å². The Bertz CT molecular complexity index is 82.5. The zero-order valence-electron chi connectivity index (χ0n) is 12.2. The summed E-state index contributed by atoms with van der Waals surface area (Å²) < 4.78 is 0. The second-order valence-electron chi connectivity index (χ2n) is 3.74. The largest absolute Gasteiger partial charge is 0.396 e. The summed E-state index contributed by atoms with van der Waals surface area (Å²) in [5, 5.41) is 7.88. The second kappa shape index (κ2) is 16.4. The molecule has 0 aliphatic carbocycles. The third-order valence-corrected chi connectivity index (χ3v) is 1.92. The van der Waals surface area contributed by atoms with Crippen molar-refractivity contribution < 1.29 is 5.11 Å². The first kappa shape index (κ1) is 20.3. The SMILES string of the molecule is CC.CCCO.CCN(C(C)C)C(C)C. The van der Waals surface area contributed by atoms with E-state index in [1.165, 1.54) is 0 Å². The summed E-state index contributed by atoms with van der Waals surface area (Å²) in [7, 11) is 0. The quantitative estimate of drug-likeness (QED) is 0.782. The van der Waals surface area contributed by atoms with E-state index in [4.69, 9.17) is 5.11 Å². The molecule has 15 heavy (non-hydrogen) atoms. The molecule has 0 saturated carbocycles. The number of hydrogen-bond acceptors (Lipinski definition) is 2. The van der Waals surface area contributed by atoms with Gasteiger partial charge in [0.15, 0.2) is 0 Å². The predicted molar refractivity (Wildman–Crippen MR) is 71.4 cm³/mol. The molecule has 0 rings (SSSR count). The van der Waals surface area contributed by atoms with Crippen molar-refractivity contribution in [3.05, 3.63) is 0 Å². The summed E-state index contributed by atoms with van der Waals surface area (Å²) in [5.74, 6) is 0. The summed E-state index contributed by atoms with van der Waals surface area (Å²) in [6, 6.07) is 1.38. The first-order chi connectivity index (χ1) is 7.01. The van der Waals surface area contributed by atoms with E-state index in [2.05, 4.69) is 39.5 Å². The Morgan fingerprint density at radius 1 is 0.933 bits per heavy atom. The van der Waals surface area contributed by atoms with Crippen molar-refractivity contribution in [2.45, 2.75) is 73.9 Å². The highest BCUT2D eigenvalue weighted by Crippen LogP contribution is 2.02. The summed E-state index contributed by atoms with van der Waals surface area (Å²) in [4.78, 5) is 2.46. The summed E-state index contributed by atoms with van der Waals surface area (Å²) >= 11 is 0. The number of aliphatic hydroxyl groups is 1. The molecule has 2 nitrogen and oxygen atoms in total. The van der Waals surface area contributed by atoms with Crippen molar-refractivity contribution in [1.29, 1.82) is 0 Å². The minimum absolute atomic E-state index is 0.319. The van der Waals surface area contributed by atoms with Gasteiger partial charge in [0.25, 0.3) is 0 Å². The van der Waals surface area contributed by atoms with Crippen molar-refractivity contribution >= 4 is 0 Å². The molecule has 2 heteroatoms. The Hall–Kier alpha value is -0.0800. The zero-order chi connectivity index (χ0) is 12.9. The standard InChI is InChI=1S/C8H19N.C3H8O.C2H6/c1-6-9(7(2)3)8(4)5;1-2-3-4;1-2/h7-8H,6H2,1-5H3;4H,2-3H2,1H3;1-2H3. The van der Waals surface area contributed by atoms with Gasteiger partial charge in [-0.1, -0.05) is 27.7 Å². The Morgan fingerprint density at radius 2 is 1.20 bits per heavy atom. The molecule has 0 atom stereocenters. The normalized spacial score (nSPS) is 9.60. The van der Waals surface area contributed by atoms with E-state index in [-0.39, 0.29) is 0 Å². The lowest BCUT2D eigenvalue weighted by atomic mass is 10.2. The summed E-state index contributed by atoms with van der Waals surface area (Å²) in [5.41, 5.74) is 0. The predicted octanol–water partition coefficient (Wildman–Crippen LogP) is 3.54. The first-order valence-electron chi connectivity index (χ1n) is 6.37. The zero-order valence-corrected chi connectivity index (χ0v) is 12.2. The molecule has 0 amide bonds. The van der Waals surface area contributed by atoms with Crippen molar-refractivity contribution in [3.8, 4) is 0 Å². The van der Waals surface area contributed by atoms with E-state index in [0.29, 0.717) is 18.7 Å². The average molecular weight is 219 g/mol. The Labute approximate surface area is 97.7 Å². The highest BCUT2D eigenvalue weighted by Gasteiger charge is 2.08. The van der Waals surface area contributed by atoms with Crippen molar-refractivity contribution in [2.24, 2.45) is 0 Å². The fraction of sp³-hybridized carbons (Fsp3) is 1.00. The monoisotopic (exact) mass is 219 g/mol. The van der Waals surface area contributed by atoms with Gasteiger partial charge in [0.2, 0.25) is 0 Å². The van der Waals surface area contributed by atoms with E-state index >= 15 is 0 Å². The maximum atomic E-state index is 7.88. The maximum Gasteiger partial charge on any atom is 0.0428 e. The fourth-order valence-electron chi connectivity index (χ4n) is 1.33. The topological polar surface area (TPSA) is 23.5 Å². The molecule has 0 aromatic carbocycles. The molecule has 0 bridgehead atoms. The summed E-state index contributed by atoms with van der Waals surface area (Å²) in [6.45, 7) is 18.6. The van der Waals surface area contributed by atoms with Gasteiger partial charge in [0, 0.05) is 18.7 Å². The number of aliphatic hydroxyl groups excluding tert-OH is 1. The van der Waals surface area contributed by atoms with E-state index < -0.39 is 0 Å². The molecule has 0 unspecified atom stereocenters. The van der Waals surface area contributed by atoms with Crippen molar-refractivity contribution in [2.75, 3.05) is 13.2 Å². The van der Waals surface area contributed by atoms with E-state index in [1.807, 2.05) is 20.8 Å². The molecule has 0 aliphatic rings. The summed E-state index contributed by atoms with van der Waals surface area (Å²) in [6.07, 6.45) is 0.875. The molecule has 0 radical (unpaired) electrons. The van der Waals surface area contributed by atoms with E-state index in [0.717, 1.165) is 13.0 Å². The van der Waals surface area contributed by atoms with Gasteiger partial charge in [0.1, 0.15) is 0 Å². The fourth-order valence-corrected chi connectivity index (χ4v) is 1.33. The highest BCUT2D eigenvalue weighted by atomic mass is 16.2. The molecular formula is C13H33NO. The highest BCUT2D eigenvalue weighted by molar-refractivity contribution is 4.64. The van der Waals surface area contributed by atoms with E-state index in [1.54, 1.807) is 0 Å². The van der Waals surface area contributed by atoms with Crippen LogP contribution in [-0.4, -0.2) is 35.2 Å². The number of rotatable bonds is 4. The van der Waals surface area contributed by atoms with Gasteiger partial charge in [-0.15, -0.1) is 0 Å². The maximum absolute atomic E-state index is 7.88. The third-order valence-electron chi connectivity index (χ3n) is 1.92. The van der Waals surface area contributed by atoms with Crippen LogP contribution in [0.2, 0.25) is 0 Å². The smallest absolute Gasteiger partial charge is 0.0428 e. The lowest BCUT2D eigenvalue weighted by Gasteiger charge is -2.28. The van der Waals surface area contributed by atoms with Crippen molar-refractivity contribution in [1.82, 2.24) is 4.90 Å². The minimum Gasteiger partial charge on any atom is -0.396 e. The molecule has 0 heterocycles. The molecular weight excluding hydrogens is 186 g/mol. The van der Waals surface area contributed by atoms with Gasteiger partial charge >= 0.3 is 0 Å². The molecule has 1 N–H and O–H groups in total. The van der Waals surface area contributed by atoms with Gasteiger partial charge in [-0.3, -0.25) is 4.90 Å². The second-order valence-corrected chi connectivity index (χ2v) is 3.74. The lowest BCUT2D eigenvalue weighted by Crippen LogP contribution is -2.36. The lowest BCUT2D eigenvalue weighted by molar-refractivity contribution is 0.185. The van der Waals surface area contributed by atoms with Crippen LogP contribution in [0.15, 0.2) is 0 Å². The van der Waals surface area contributed by atoms with Gasteiger partial charge in [0.05, 0.1) is 0 Å². The van der Waals surface area contributed by atoms with Gasteiger partial charge in [-0.25, -0.2) is 0 Å². The van der Waals surface area contributed by atoms with Crippen LogP contribution in [0.5, 0.6) is 0 Å². The third kappa shape index (κ3) is 16.6. The van der Waals surface area contributed by atoms with Gasteiger partial charge in [-0.2, -0.15) is 0 Å². The minimum atomic E-state index is 0.319. The van der Waals surface area contributed by atoms with Gasteiger partial charge < -0.3 is 5.11 Å².